The SMILES string of the molecule is Cc1sccc1C1C(=O)c2cnc3ccccc3c2C1=O. The summed E-state index contributed by atoms with van der Waals surface area (Å²) in [5, 5.41) is 2.69. The molecule has 0 saturated heterocycles. The third-order valence-corrected chi connectivity index (χ3v) is 4.88. The minimum Gasteiger partial charge on any atom is -0.293 e. The topological polar surface area (TPSA) is 47.0 Å². The highest BCUT2D eigenvalue weighted by molar-refractivity contribution is 7.10. The number of rotatable bonds is 1. The first-order valence-electron chi connectivity index (χ1n) is 6.68. The largest absolute Gasteiger partial charge is 0.293 e. The van der Waals surface area contributed by atoms with Gasteiger partial charge in [0.05, 0.1) is 5.52 Å². The van der Waals surface area contributed by atoms with Crippen LogP contribution in [0.25, 0.3) is 10.9 Å². The van der Waals surface area contributed by atoms with Crippen molar-refractivity contribution in [3.8, 4) is 0 Å². The number of aromatic nitrogens is 1. The summed E-state index contributed by atoms with van der Waals surface area (Å²) in [6.45, 7) is 1.94. The molecule has 0 aliphatic heterocycles. The van der Waals surface area contributed by atoms with Crippen molar-refractivity contribution in [2.24, 2.45) is 0 Å². The maximum absolute atomic E-state index is 12.8. The predicted octanol–water partition coefficient (Wildman–Crippen LogP) is 3.77. The van der Waals surface area contributed by atoms with Crippen molar-refractivity contribution in [3.63, 3.8) is 0 Å². The molecule has 4 rings (SSSR count). The van der Waals surface area contributed by atoms with Gasteiger partial charge in [0, 0.05) is 27.6 Å². The van der Waals surface area contributed by atoms with Gasteiger partial charge in [-0.25, -0.2) is 0 Å². The molecular weight excluding hydrogens is 282 g/mol. The summed E-state index contributed by atoms with van der Waals surface area (Å²) < 4.78 is 0. The van der Waals surface area contributed by atoms with E-state index in [1.165, 1.54) is 0 Å². The van der Waals surface area contributed by atoms with Gasteiger partial charge in [-0.15, -0.1) is 11.3 Å². The van der Waals surface area contributed by atoms with Crippen LogP contribution in [-0.2, 0) is 0 Å². The lowest BCUT2D eigenvalue weighted by Crippen LogP contribution is -2.12. The van der Waals surface area contributed by atoms with Crippen LogP contribution in [0.4, 0.5) is 0 Å². The Hall–Kier alpha value is -2.33. The number of Topliss-reactive ketones (excluding diaryl/α,β-unsaturated/α-hetero) is 2. The second kappa shape index (κ2) is 4.33. The lowest BCUT2D eigenvalue weighted by Gasteiger charge is -2.05. The van der Waals surface area contributed by atoms with Crippen molar-refractivity contribution in [1.29, 1.82) is 0 Å². The first-order chi connectivity index (χ1) is 10.2. The zero-order valence-corrected chi connectivity index (χ0v) is 12.1. The summed E-state index contributed by atoms with van der Waals surface area (Å²) in [7, 11) is 0. The fourth-order valence-corrected chi connectivity index (χ4v) is 3.73. The number of fused-ring (bicyclic) bond motifs is 3. The Labute approximate surface area is 125 Å². The lowest BCUT2D eigenvalue weighted by molar-refractivity contribution is 0.0890. The Balaban J connectivity index is 1.99. The smallest absolute Gasteiger partial charge is 0.180 e. The molecular formula is C17H11NO2S. The number of carbonyl (C=O) groups is 2. The van der Waals surface area contributed by atoms with E-state index in [1.54, 1.807) is 17.5 Å². The van der Waals surface area contributed by atoms with Crippen LogP contribution >= 0.6 is 11.3 Å². The molecule has 1 unspecified atom stereocenters. The fourth-order valence-electron chi connectivity index (χ4n) is 2.99. The summed E-state index contributed by atoms with van der Waals surface area (Å²) in [6.07, 6.45) is 1.54. The van der Waals surface area contributed by atoms with E-state index in [9.17, 15) is 9.59 Å². The van der Waals surface area contributed by atoms with Crippen LogP contribution in [0, 0.1) is 6.92 Å². The van der Waals surface area contributed by atoms with E-state index in [0.29, 0.717) is 11.1 Å². The van der Waals surface area contributed by atoms with Crippen LogP contribution in [0.2, 0.25) is 0 Å². The standard InChI is InChI=1S/C17H11NO2S/c1-9-10(6-7-21-9)15-16(19)12-8-18-13-5-3-2-4-11(13)14(12)17(15)20/h2-8,15H,1H3. The second-order valence-electron chi connectivity index (χ2n) is 5.16. The normalized spacial score (nSPS) is 17.5. The average molecular weight is 293 g/mol. The number of pyridine rings is 1. The molecule has 0 amide bonds. The summed E-state index contributed by atoms with van der Waals surface area (Å²) in [5.74, 6) is -0.927. The number of para-hydroxylation sites is 1. The van der Waals surface area contributed by atoms with Gasteiger partial charge < -0.3 is 0 Å². The molecule has 2 aromatic heterocycles. The number of nitrogens with zero attached hydrogens (tertiary/aromatic N) is 1. The van der Waals surface area contributed by atoms with Crippen molar-refractivity contribution in [2.75, 3.05) is 0 Å². The first kappa shape index (κ1) is 12.4. The lowest BCUT2D eigenvalue weighted by atomic mass is 9.94. The monoisotopic (exact) mass is 293 g/mol. The van der Waals surface area contributed by atoms with Crippen molar-refractivity contribution in [1.82, 2.24) is 4.98 Å². The highest BCUT2D eigenvalue weighted by Gasteiger charge is 2.41. The summed E-state index contributed by atoms with van der Waals surface area (Å²) >= 11 is 1.56. The number of ketones is 2. The van der Waals surface area contributed by atoms with Crippen molar-refractivity contribution in [3.05, 3.63) is 63.5 Å². The van der Waals surface area contributed by atoms with Crippen LogP contribution in [0.15, 0.2) is 41.9 Å². The Morgan fingerprint density at radius 2 is 1.90 bits per heavy atom. The quantitative estimate of drug-likeness (QED) is 0.642. The van der Waals surface area contributed by atoms with Gasteiger partial charge in [0.2, 0.25) is 0 Å². The number of benzene rings is 1. The van der Waals surface area contributed by atoms with Crippen molar-refractivity contribution in [2.45, 2.75) is 12.8 Å². The molecule has 0 bridgehead atoms. The zero-order chi connectivity index (χ0) is 14.6. The minimum atomic E-state index is -0.696. The van der Waals surface area contributed by atoms with E-state index in [4.69, 9.17) is 0 Å². The predicted molar refractivity (Wildman–Crippen MR) is 82.2 cm³/mol. The van der Waals surface area contributed by atoms with E-state index in [1.807, 2.05) is 42.6 Å². The summed E-state index contributed by atoms with van der Waals surface area (Å²) in [5.41, 5.74) is 2.56. The van der Waals surface area contributed by atoms with Gasteiger partial charge in [0.1, 0.15) is 5.92 Å². The van der Waals surface area contributed by atoms with E-state index < -0.39 is 5.92 Å². The zero-order valence-electron chi connectivity index (χ0n) is 11.3. The molecule has 1 aromatic carbocycles. The Bertz CT molecular complexity index is 910. The van der Waals surface area contributed by atoms with Crippen LogP contribution in [0.5, 0.6) is 0 Å². The molecule has 0 radical (unpaired) electrons. The maximum Gasteiger partial charge on any atom is 0.180 e. The Kier molecular flexibility index (Phi) is 2.56. The molecule has 0 saturated carbocycles. The Morgan fingerprint density at radius 3 is 2.67 bits per heavy atom. The molecule has 1 atom stereocenters. The molecule has 0 fully saturated rings. The minimum absolute atomic E-state index is 0.102. The second-order valence-corrected chi connectivity index (χ2v) is 6.28. The fraction of sp³-hybridized carbons (Fsp3) is 0.118. The molecule has 4 heteroatoms. The molecule has 0 N–H and O–H groups in total. The number of hydrogen-bond acceptors (Lipinski definition) is 4. The van der Waals surface area contributed by atoms with Gasteiger partial charge in [0.25, 0.3) is 0 Å². The number of thiophene rings is 1. The van der Waals surface area contributed by atoms with Gasteiger partial charge in [-0.05, 0) is 30.0 Å². The summed E-state index contributed by atoms with van der Waals surface area (Å²) in [4.78, 5) is 30.8. The molecule has 1 aliphatic carbocycles. The van der Waals surface area contributed by atoms with Gasteiger partial charge >= 0.3 is 0 Å². The van der Waals surface area contributed by atoms with Crippen LogP contribution in [0.1, 0.15) is 37.1 Å². The van der Waals surface area contributed by atoms with E-state index >= 15 is 0 Å². The molecule has 0 spiro atoms. The average Bonchev–Trinajstić information content (AvgIpc) is 3.01. The number of hydrogen-bond donors (Lipinski definition) is 0. The molecule has 2 heterocycles. The maximum atomic E-state index is 12.8. The van der Waals surface area contributed by atoms with Crippen molar-refractivity contribution >= 4 is 33.8 Å². The Morgan fingerprint density at radius 1 is 1.10 bits per heavy atom. The van der Waals surface area contributed by atoms with E-state index in [0.717, 1.165) is 21.3 Å². The highest BCUT2D eigenvalue weighted by atomic mass is 32.1. The molecule has 1 aliphatic rings. The molecule has 3 aromatic rings. The van der Waals surface area contributed by atoms with E-state index in [-0.39, 0.29) is 11.6 Å². The van der Waals surface area contributed by atoms with Gasteiger partial charge in [0.15, 0.2) is 11.6 Å². The number of aryl methyl sites for hydroxylation is 1. The summed E-state index contributed by atoms with van der Waals surface area (Å²) in [6, 6.07) is 9.34. The van der Waals surface area contributed by atoms with Gasteiger partial charge in [-0.1, -0.05) is 18.2 Å². The van der Waals surface area contributed by atoms with Gasteiger partial charge in [-0.2, -0.15) is 0 Å². The van der Waals surface area contributed by atoms with Crippen LogP contribution in [0.3, 0.4) is 0 Å². The van der Waals surface area contributed by atoms with Crippen LogP contribution in [-0.4, -0.2) is 16.6 Å². The van der Waals surface area contributed by atoms with Crippen molar-refractivity contribution < 1.29 is 9.59 Å². The molecule has 102 valence electrons. The first-order valence-corrected chi connectivity index (χ1v) is 7.56. The van der Waals surface area contributed by atoms with Crippen LogP contribution < -0.4 is 0 Å². The third-order valence-electron chi connectivity index (χ3n) is 4.02. The van der Waals surface area contributed by atoms with Gasteiger partial charge in [-0.3, -0.25) is 14.6 Å². The third kappa shape index (κ3) is 1.63. The van der Waals surface area contributed by atoms with E-state index in [2.05, 4.69) is 4.98 Å². The molecule has 3 nitrogen and oxygen atoms in total. The number of carbonyl (C=O) groups excluding carboxylic acids is 2. The molecule has 21 heavy (non-hydrogen) atoms. The highest BCUT2D eigenvalue weighted by Crippen LogP contribution is 2.39.